The molecule has 0 atom stereocenters. The summed E-state index contributed by atoms with van der Waals surface area (Å²) in [5, 5.41) is 19.8. The molecular weight excluding hydrogens is 314 g/mol. The lowest BCUT2D eigenvalue weighted by Gasteiger charge is -2.30. The number of phenolic OH excluding ortho intramolecular Hbond substituents is 1. The van der Waals surface area contributed by atoms with Crippen LogP contribution >= 0.6 is 0 Å². The molecule has 0 aliphatic heterocycles. The molecule has 4 rings (SSSR count). The topological polar surface area (TPSA) is 79.1 Å². The van der Waals surface area contributed by atoms with Crippen LogP contribution in [0.1, 0.15) is 29.7 Å². The molecule has 5 nitrogen and oxygen atoms in total. The Labute approximate surface area is 146 Å². The number of phenols is 1. The van der Waals surface area contributed by atoms with Crippen LogP contribution in [0, 0.1) is 19.8 Å². The molecule has 1 aliphatic carbocycles. The number of aryl methyl sites for hydroxylation is 2. The quantitative estimate of drug-likeness (QED) is 0.767. The average molecular weight is 335 g/mol. The fourth-order valence-corrected chi connectivity index (χ4v) is 3.61. The monoisotopic (exact) mass is 335 g/mol. The standard InChI is InChI=1S/C20H21N3O2/c1-11-5-12(2)19(18(25)6-11)16-3-4-17-20(23-16)22-14(10-21-17)7-13-8-15(24)9-13/h3-6,10,13,15,24-25H,7-9H2,1-2H3. The minimum atomic E-state index is -0.157. The second-order valence-electron chi connectivity index (χ2n) is 7.07. The molecule has 2 heterocycles. The number of hydrogen-bond donors (Lipinski definition) is 2. The van der Waals surface area contributed by atoms with Crippen molar-refractivity contribution in [3.63, 3.8) is 0 Å². The fourth-order valence-electron chi connectivity index (χ4n) is 3.61. The van der Waals surface area contributed by atoms with Gasteiger partial charge in [0.25, 0.3) is 0 Å². The van der Waals surface area contributed by atoms with Gasteiger partial charge in [0.2, 0.25) is 0 Å². The summed E-state index contributed by atoms with van der Waals surface area (Å²) in [5.41, 5.74) is 5.68. The molecule has 0 amide bonds. The third kappa shape index (κ3) is 3.07. The molecule has 2 N–H and O–H groups in total. The van der Waals surface area contributed by atoms with Gasteiger partial charge in [-0.3, -0.25) is 4.98 Å². The number of hydrogen-bond acceptors (Lipinski definition) is 5. The van der Waals surface area contributed by atoms with Crippen LogP contribution in [0.5, 0.6) is 5.75 Å². The molecule has 3 aromatic rings. The summed E-state index contributed by atoms with van der Waals surface area (Å²) >= 11 is 0. The molecule has 2 aromatic heterocycles. The number of aromatic hydroxyl groups is 1. The van der Waals surface area contributed by atoms with E-state index in [9.17, 15) is 10.2 Å². The lowest BCUT2D eigenvalue weighted by atomic mass is 9.79. The molecule has 1 aromatic carbocycles. The summed E-state index contributed by atoms with van der Waals surface area (Å²) in [6.45, 7) is 3.93. The summed E-state index contributed by atoms with van der Waals surface area (Å²) in [6.07, 6.45) is 4.13. The van der Waals surface area contributed by atoms with Crippen molar-refractivity contribution in [1.82, 2.24) is 15.0 Å². The minimum absolute atomic E-state index is 0.157. The number of benzene rings is 1. The van der Waals surface area contributed by atoms with Gasteiger partial charge in [-0.05, 0) is 68.4 Å². The molecule has 1 saturated carbocycles. The molecule has 0 radical (unpaired) electrons. The van der Waals surface area contributed by atoms with Gasteiger partial charge in [0, 0.05) is 11.8 Å². The Morgan fingerprint density at radius 1 is 1.12 bits per heavy atom. The largest absolute Gasteiger partial charge is 0.507 e. The third-order valence-electron chi connectivity index (χ3n) is 4.88. The molecule has 25 heavy (non-hydrogen) atoms. The van der Waals surface area contributed by atoms with Gasteiger partial charge in [-0.15, -0.1) is 0 Å². The summed E-state index contributed by atoms with van der Waals surface area (Å²) in [5.74, 6) is 0.713. The maximum absolute atomic E-state index is 10.3. The second kappa shape index (κ2) is 6.08. The van der Waals surface area contributed by atoms with Gasteiger partial charge in [-0.1, -0.05) is 6.07 Å². The summed E-state index contributed by atoms with van der Waals surface area (Å²) < 4.78 is 0. The molecule has 5 heteroatoms. The van der Waals surface area contributed by atoms with E-state index >= 15 is 0 Å². The Morgan fingerprint density at radius 3 is 2.64 bits per heavy atom. The van der Waals surface area contributed by atoms with Crippen LogP contribution < -0.4 is 0 Å². The second-order valence-corrected chi connectivity index (χ2v) is 7.07. The number of nitrogens with zero attached hydrogens (tertiary/aromatic N) is 3. The van der Waals surface area contributed by atoms with Crippen molar-refractivity contribution in [3.8, 4) is 17.0 Å². The van der Waals surface area contributed by atoms with Gasteiger partial charge in [-0.25, -0.2) is 9.97 Å². The van der Waals surface area contributed by atoms with E-state index in [1.54, 1.807) is 12.3 Å². The van der Waals surface area contributed by atoms with Gasteiger partial charge in [0.15, 0.2) is 5.65 Å². The van der Waals surface area contributed by atoms with Crippen LogP contribution in [0.2, 0.25) is 0 Å². The molecular formula is C20H21N3O2. The molecule has 1 aliphatic rings. The summed E-state index contributed by atoms with van der Waals surface area (Å²) in [4.78, 5) is 13.7. The van der Waals surface area contributed by atoms with E-state index in [0.717, 1.165) is 47.2 Å². The van der Waals surface area contributed by atoms with Crippen molar-refractivity contribution in [2.75, 3.05) is 0 Å². The Morgan fingerprint density at radius 2 is 1.92 bits per heavy atom. The van der Waals surface area contributed by atoms with E-state index in [2.05, 4.69) is 15.0 Å². The van der Waals surface area contributed by atoms with E-state index in [-0.39, 0.29) is 11.9 Å². The smallest absolute Gasteiger partial charge is 0.179 e. The number of aliphatic hydroxyl groups is 1. The third-order valence-corrected chi connectivity index (χ3v) is 4.88. The molecule has 1 fully saturated rings. The lowest BCUT2D eigenvalue weighted by Crippen LogP contribution is -2.29. The molecule has 0 saturated heterocycles. The van der Waals surface area contributed by atoms with Gasteiger partial charge >= 0.3 is 0 Å². The number of aromatic nitrogens is 3. The molecule has 128 valence electrons. The number of fused-ring (bicyclic) bond motifs is 1. The summed E-state index contributed by atoms with van der Waals surface area (Å²) in [6, 6.07) is 7.54. The van der Waals surface area contributed by atoms with Crippen molar-refractivity contribution in [2.24, 2.45) is 5.92 Å². The maximum atomic E-state index is 10.3. The van der Waals surface area contributed by atoms with Crippen LogP contribution in [0.15, 0.2) is 30.5 Å². The van der Waals surface area contributed by atoms with Crippen LogP contribution in [0.4, 0.5) is 0 Å². The van der Waals surface area contributed by atoms with E-state index in [4.69, 9.17) is 0 Å². The highest BCUT2D eigenvalue weighted by molar-refractivity contribution is 5.78. The van der Waals surface area contributed by atoms with Crippen molar-refractivity contribution in [2.45, 2.75) is 39.2 Å². The first kappa shape index (κ1) is 16.0. The average Bonchev–Trinajstić information content (AvgIpc) is 2.52. The number of pyridine rings is 1. The van der Waals surface area contributed by atoms with Gasteiger partial charge in [0.05, 0.1) is 17.5 Å². The van der Waals surface area contributed by atoms with Crippen LogP contribution in [0.25, 0.3) is 22.4 Å². The Kier molecular flexibility index (Phi) is 3.88. The highest BCUT2D eigenvalue weighted by Crippen LogP contribution is 2.33. The Hall–Kier alpha value is -2.53. The first-order valence-corrected chi connectivity index (χ1v) is 8.61. The van der Waals surface area contributed by atoms with Crippen LogP contribution in [-0.4, -0.2) is 31.3 Å². The fraction of sp³-hybridized carbons (Fsp3) is 0.350. The van der Waals surface area contributed by atoms with E-state index < -0.39 is 0 Å². The number of rotatable bonds is 3. The van der Waals surface area contributed by atoms with Crippen molar-refractivity contribution < 1.29 is 10.2 Å². The molecule has 0 spiro atoms. The first-order chi connectivity index (χ1) is 12.0. The minimum Gasteiger partial charge on any atom is -0.507 e. The van der Waals surface area contributed by atoms with Crippen LogP contribution in [0.3, 0.4) is 0 Å². The predicted octanol–water partition coefficient (Wildman–Crippen LogP) is 3.33. The van der Waals surface area contributed by atoms with Crippen LogP contribution in [-0.2, 0) is 6.42 Å². The van der Waals surface area contributed by atoms with Gasteiger partial charge in [-0.2, -0.15) is 0 Å². The SMILES string of the molecule is Cc1cc(C)c(-c2ccc3ncc(CC4CC(O)C4)nc3n2)c(O)c1. The maximum Gasteiger partial charge on any atom is 0.179 e. The van der Waals surface area contributed by atoms with Gasteiger partial charge in [0.1, 0.15) is 11.3 Å². The Balaban J connectivity index is 1.71. The van der Waals surface area contributed by atoms with Gasteiger partial charge < -0.3 is 10.2 Å². The predicted molar refractivity (Wildman–Crippen MR) is 96.3 cm³/mol. The highest BCUT2D eigenvalue weighted by atomic mass is 16.3. The van der Waals surface area contributed by atoms with Crippen molar-refractivity contribution in [1.29, 1.82) is 0 Å². The Bertz CT molecular complexity index is 926. The van der Waals surface area contributed by atoms with E-state index in [0.29, 0.717) is 17.3 Å². The lowest BCUT2D eigenvalue weighted by molar-refractivity contribution is 0.0428. The zero-order chi connectivity index (χ0) is 17.6. The highest BCUT2D eigenvalue weighted by Gasteiger charge is 2.27. The zero-order valence-electron chi connectivity index (χ0n) is 14.4. The summed E-state index contributed by atoms with van der Waals surface area (Å²) in [7, 11) is 0. The van der Waals surface area contributed by atoms with Crippen molar-refractivity contribution >= 4 is 11.2 Å². The van der Waals surface area contributed by atoms with E-state index in [1.807, 2.05) is 32.0 Å². The molecule has 0 unspecified atom stereocenters. The zero-order valence-corrected chi connectivity index (χ0v) is 14.4. The van der Waals surface area contributed by atoms with E-state index in [1.165, 1.54) is 0 Å². The molecule has 0 bridgehead atoms. The number of aliphatic hydroxyl groups excluding tert-OH is 1. The first-order valence-electron chi connectivity index (χ1n) is 8.61. The van der Waals surface area contributed by atoms with Crippen molar-refractivity contribution in [3.05, 3.63) is 47.3 Å². The normalized spacial score (nSPS) is 19.8.